The highest BCUT2D eigenvalue weighted by Gasteiger charge is 2.16. The Morgan fingerprint density at radius 2 is 1.86 bits per heavy atom. The summed E-state index contributed by atoms with van der Waals surface area (Å²) in [5.41, 5.74) is 3.44. The van der Waals surface area contributed by atoms with Crippen molar-refractivity contribution < 1.29 is 9.84 Å². The lowest BCUT2D eigenvalue weighted by Crippen LogP contribution is -2.38. The van der Waals surface area contributed by atoms with Gasteiger partial charge in [-0.3, -0.25) is 9.58 Å². The fraction of sp³-hybridized carbons (Fsp3) is 0.591. The van der Waals surface area contributed by atoms with E-state index in [-0.39, 0.29) is 0 Å². The summed E-state index contributed by atoms with van der Waals surface area (Å²) in [4.78, 5) is 4.60. The Morgan fingerprint density at radius 1 is 1.14 bits per heavy atom. The number of ether oxygens (including phenoxy) is 1. The van der Waals surface area contributed by atoms with Crippen LogP contribution >= 0.6 is 0 Å². The van der Waals surface area contributed by atoms with Gasteiger partial charge >= 0.3 is 0 Å². The second-order valence-corrected chi connectivity index (χ2v) is 8.02. The fourth-order valence-corrected chi connectivity index (χ4v) is 3.90. The fourth-order valence-electron chi connectivity index (χ4n) is 3.90. The molecule has 0 amide bonds. The SMILES string of the molecule is Cc1nn(C)cc1CN(C)Cc1ccccc1OC[C@H](O)CN1CCCCC1. The number of nitrogens with zero attached hydrogens (tertiary/aromatic N) is 4. The van der Waals surface area contributed by atoms with Crippen molar-refractivity contribution in [2.24, 2.45) is 7.05 Å². The molecule has 0 aliphatic carbocycles. The largest absolute Gasteiger partial charge is 0.491 e. The van der Waals surface area contributed by atoms with E-state index in [0.29, 0.717) is 13.2 Å². The van der Waals surface area contributed by atoms with Gasteiger partial charge in [-0.15, -0.1) is 0 Å². The number of aliphatic hydroxyl groups excluding tert-OH is 1. The molecule has 1 aliphatic heterocycles. The molecule has 6 heteroatoms. The van der Waals surface area contributed by atoms with Gasteiger partial charge in [0.15, 0.2) is 0 Å². The van der Waals surface area contributed by atoms with Gasteiger partial charge in [-0.25, -0.2) is 0 Å². The van der Waals surface area contributed by atoms with Gasteiger partial charge in [-0.2, -0.15) is 5.10 Å². The molecule has 0 radical (unpaired) electrons. The normalized spacial score (nSPS) is 16.5. The second-order valence-electron chi connectivity index (χ2n) is 8.02. The number of piperidine rings is 1. The topological polar surface area (TPSA) is 53.8 Å². The van der Waals surface area contributed by atoms with Crippen LogP contribution in [-0.4, -0.2) is 64.1 Å². The summed E-state index contributed by atoms with van der Waals surface area (Å²) in [6, 6.07) is 8.11. The second kappa shape index (κ2) is 10.0. The minimum Gasteiger partial charge on any atom is -0.491 e. The summed E-state index contributed by atoms with van der Waals surface area (Å²) in [7, 11) is 4.06. The Morgan fingerprint density at radius 3 is 2.57 bits per heavy atom. The highest BCUT2D eigenvalue weighted by Crippen LogP contribution is 2.21. The minimum absolute atomic E-state index is 0.332. The van der Waals surface area contributed by atoms with E-state index in [1.165, 1.54) is 24.8 Å². The number of aliphatic hydroxyl groups is 1. The van der Waals surface area contributed by atoms with Crippen molar-refractivity contribution in [3.8, 4) is 5.75 Å². The smallest absolute Gasteiger partial charge is 0.123 e. The van der Waals surface area contributed by atoms with E-state index >= 15 is 0 Å². The van der Waals surface area contributed by atoms with Crippen molar-refractivity contribution in [3.05, 3.63) is 47.3 Å². The molecular formula is C22H34N4O2. The van der Waals surface area contributed by atoms with Crippen LogP contribution in [0, 0.1) is 6.92 Å². The maximum atomic E-state index is 10.4. The molecule has 0 spiro atoms. The van der Waals surface area contributed by atoms with E-state index in [0.717, 1.165) is 43.2 Å². The summed E-state index contributed by atoms with van der Waals surface area (Å²) >= 11 is 0. The zero-order chi connectivity index (χ0) is 19.9. The first-order chi connectivity index (χ1) is 13.5. The van der Waals surface area contributed by atoms with Crippen LogP contribution < -0.4 is 4.74 Å². The molecule has 0 bridgehead atoms. The van der Waals surface area contributed by atoms with Gasteiger partial charge in [-0.05, 0) is 46.0 Å². The van der Waals surface area contributed by atoms with Crippen LogP contribution in [0.15, 0.2) is 30.5 Å². The Bertz CT molecular complexity index is 740. The van der Waals surface area contributed by atoms with E-state index in [1.807, 2.05) is 36.9 Å². The molecule has 1 fully saturated rings. The average Bonchev–Trinajstić information content (AvgIpc) is 2.98. The molecule has 2 heterocycles. The highest BCUT2D eigenvalue weighted by atomic mass is 16.5. The molecule has 0 unspecified atom stereocenters. The molecule has 154 valence electrons. The Kier molecular flexibility index (Phi) is 7.48. The van der Waals surface area contributed by atoms with Gasteiger partial charge in [0.25, 0.3) is 0 Å². The van der Waals surface area contributed by atoms with Crippen LogP contribution in [0.1, 0.15) is 36.1 Å². The number of aromatic nitrogens is 2. The molecule has 1 aromatic heterocycles. The van der Waals surface area contributed by atoms with Gasteiger partial charge in [0, 0.05) is 44.0 Å². The van der Waals surface area contributed by atoms with Crippen LogP contribution in [0.3, 0.4) is 0 Å². The van der Waals surface area contributed by atoms with Crippen molar-refractivity contribution in [1.29, 1.82) is 0 Å². The Balaban J connectivity index is 1.52. The summed E-state index contributed by atoms with van der Waals surface area (Å²) in [6.07, 6.45) is 5.40. The monoisotopic (exact) mass is 386 g/mol. The van der Waals surface area contributed by atoms with Gasteiger partial charge < -0.3 is 14.7 Å². The molecule has 1 atom stereocenters. The lowest BCUT2D eigenvalue weighted by atomic mass is 10.1. The predicted molar refractivity (Wildman–Crippen MR) is 111 cm³/mol. The van der Waals surface area contributed by atoms with Crippen LogP contribution in [-0.2, 0) is 20.1 Å². The first kappa shape index (κ1) is 20.8. The number of likely N-dealkylation sites (tertiary alicyclic amines) is 1. The standard InChI is InChI=1S/C22H34N4O2/c1-18-20(15-25(3)23-18)14-24(2)13-19-9-5-6-10-22(19)28-17-21(27)16-26-11-7-4-8-12-26/h5-6,9-10,15,21,27H,4,7-8,11-14,16-17H2,1-3H3/t21-/m1/s1. The van der Waals surface area contributed by atoms with E-state index in [9.17, 15) is 5.11 Å². The molecule has 1 N–H and O–H groups in total. The summed E-state index contributed by atoms with van der Waals surface area (Å²) in [6.45, 7) is 6.88. The number of rotatable bonds is 9. The molecule has 1 aliphatic rings. The lowest BCUT2D eigenvalue weighted by Gasteiger charge is -2.28. The molecule has 1 saturated heterocycles. The number of hydrogen-bond acceptors (Lipinski definition) is 5. The van der Waals surface area contributed by atoms with Gasteiger partial charge in [0.05, 0.1) is 5.69 Å². The zero-order valence-electron chi connectivity index (χ0n) is 17.5. The van der Waals surface area contributed by atoms with Crippen LogP contribution in [0.4, 0.5) is 0 Å². The molecule has 28 heavy (non-hydrogen) atoms. The molecule has 0 saturated carbocycles. The van der Waals surface area contributed by atoms with Crippen molar-refractivity contribution in [1.82, 2.24) is 19.6 Å². The van der Waals surface area contributed by atoms with E-state index in [2.05, 4.69) is 34.2 Å². The van der Waals surface area contributed by atoms with Gasteiger partial charge in [0.2, 0.25) is 0 Å². The molecule has 3 rings (SSSR count). The molecular weight excluding hydrogens is 352 g/mol. The number of benzene rings is 1. The summed E-state index contributed by atoms with van der Waals surface area (Å²) < 4.78 is 7.86. The quantitative estimate of drug-likeness (QED) is 0.718. The summed E-state index contributed by atoms with van der Waals surface area (Å²) in [5, 5.41) is 14.8. The molecule has 2 aromatic rings. The third kappa shape index (κ3) is 6.06. The third-order valence-electron chi connectivity index (χ3n) is 5.32. The lowest BCUT2D eigenvalue weighted by molar-refractivity contribution is 0.0612. The van der Waals surface area contributed by atoms with Gasteiger partial charge in [-0.1, -0.05) is 24.6 Å². The number of aryl methyl sites for hydroxylation is 2. The predicted octanol–water partition coefficient (Wildman–Crippen LogP) is 2.59. The third-order valence-corrected chi connectivity index (χ3v) is 5.32. The first-order valence-electron chi connectivity index (χ1n) is 10.3. The Hall–Kier alpha value is -1.89. The van der Waals surface area contributed by atoms with Crippen molar-refractivity contribution in [3.63, 3.8) is 0 Å². The van der Waals surface area contributed by atoms with Crippen LogP contribution in [0.5, 0.6) is 5.75 Å². The van der Waals surface area contributed by atoms with E-state index in [4.69, 9.17) is 4.74 Å². The van der Waals surface area contributed by atoms with E-state index in [1.54, 1.807) is 0 Å². The first-order valence-corrected chi connectivity index (χ1v) is 10.3. The molecule has 1 aromatic carbocycles. The van der Waals surface area contributed by atoms with Crippen molar-refractivity contribution in [2.45, 2.75) is 45.4 Å². The maximum Gasteiger partial charge on any atom is 0.123 e. The van der Waals surface area contributed by atoms with Crippen molar-refractivity contribution >= 4 is 0 Å². The van der Waals surface area contributed by atoms with E-state index < -0.39 is 6.10 Å². The van der Waals surface area contributed by atoms with Gasteiger partial charge in [0.1, 0.15) is 18.5 Å². The average molecular weight is 387 g/mol. The highest BCUT2D eigenvalue weighted by molar-refractivity contribution is 5.33. The molecule has 6 nitrogen and oxygen atoms in total. The van der Waals surface area contributed by atoms with Crippen LogP contribution in [0.25, 0.3) is 0 Å². The maximum absolute atomic E-state index is 10.4. The summed E-state index contributed by atoms with van der Waals surface area (Å²) in [5.74, 6) is 0.856. The van der Waals surface area contributed by atoms with Crippen molar-refractivity contribution in [2.75, 3.05) is 33.3 Å². The Labute approximate surface area is 168 Å². The van der Waals surface area contributed by atoms with Crippen LogP contribution in [0.2, 0.25) is 0 Å². The number of para-hydroxylation sites is 1. The number of hydrogen-bond donors (Lipinski definition) is 1. The minimum atomic E-state index is -0.457. The number of β-amino-alcohol motifs (C(OH)–C–C–N with tert-alkyl or cyclic N) is 1. The zero-order valence-corrected chi connectivity index (χ0v) is 17.5.